The van der Waals surface area contributed by atoms with Crippen LogP contribution in [0.2, 0.25) is 0 Å². The van der Waals surface area contributed by atoms with Crippen molar-refractivity contribution in [2.24, 2.45) is 23.2 Å². The van der Waals surface area contributed by atoms with Gasteiger partial charge < -0.3 is 4.74 Å². The molecule has 29 heavy (non-hydrogen) atoms. The van der Waals surface area contributed by atoms with Gasteiger partial charge in [-0.2, -0.15) is 0 Å². The number of carbonyl (C=O) groups is 1. The molecule has 4 nitrogen and oxygen atoms in total. The number of aromatic nitrogens is 1. The lowest BCUT2D eigenvalue weighted by atomic mass is 9.55. The van der Waals surface area contributed by atoms with Crippen molar-refractivity contribution in [3.63, 3.8) is 0 Å². The van der Waals surface area contributed by atoms with E-state index in [0.29, 0.717) is 17.9 Å². The molecular weight excluding hydrogens is 360 g/mol. The molecule has 6 atom stereocenters. The molecule has 4 fully saturated rings. The first-order chi connectivity index (χ1) is 14.0. The number of fused-ring (bicyclic) bond motifs is 2. The number of allylic oxidation sites excluding steroid dienone is 1. The summed E-state index contributed by atoms with van der Waals surface area (Å²) in [6.45, 7) is 8.72. The number of pyridine rings is 1. The highest BCUT2D eigenvalue weighted by Crippen LogP contribution is 2.57. The molecule has 1 aromatic rings. The summed E-state index contributed by atoms with van der Waals surface area (Å²) in [6, 6.07) is 4.59. The first kappa shape index (κ1) is 19.3. The SMILES string of the molecule is C=C1CCC[C@]2(C)C[C@H]3OC(=O)[C@H](CN4CCCC[C@@H]4c4cccnc4)[C@@H]3C[C@@H]12. The van der Waals surface area contributed by atoms with Crippen LogP contribution < -0.4 is 0 Å². The fourth-order valence-electron chi connectivity index (χ4n) is 6.88. The van der Waals surface area contributed by atoms with Gasteiger partial charge in [0.15, 0.2) is 0 Å². The maximum atomic E-state index is 13.0. The Hall–Kier alpha value is -1.68. The van der Waals surface area contributed by atoms with E-state index in [1.165, 1.54) is 36.8 Å². The number of ether oxygens (including phenoxy) is 1. The predicted octanol–water partition coefficient (Wildman–Crippen LogP) is 4.92. The highest BCUT2D eigenvalue weighted by molar-refractivity contribution is 5.75. The molecule has 2 aliphatic heterocycles. The van der Waals surface area contributed by atoms with Gasteiger partial charge in [0.25, 0.3) is 0 Å². The second-order valence-electron chi connectivity index (χ2n) is 10.2. The number of rotatable bonds is 3. The third-order valence-corrected chi connectivity index (χ3v) is 8.43. The van der Waals surface area contributed by atoms with Crippen LogP contribution in [0.5, 0.6) is 0 Å². The molecule has 2 aliphatic carbocycles. The Bertz CT molecular complexity index is 778. The lowest BCUT2D eigenvalue weighted by Crippen LogP contribution is -2.46. The maximum absolute atomic E-state index is 13.0. The van der Waals surface area contributed by atoms with Gasteiger partial charge in [-0.25, -0.2) is 0 Å². The van der Waals surface area contributed by atoms with Crippen LogP contribution in [-0.4, -0.2) is 35.0 Å². The standard InChI is InChI=1S/C25H34N2O2/c1-17-7-5-10-25(2)14-23-19(13-21(17)25)20(24(28)29-23)16-27-12-4-3-9-22(27)18-8-6-11-26-15-18/h6,8,11,15,19-23H,1,3-5,7,9-10,12-14,16H2,2H3/t19-,20+,21-,22+,23+,25+/m0/s1. The molecule has 2 saturated carbocycles. The Morgan fingerprint density at radius 3 is 3.07 bits per heavy atom. The van der Waals surface area contributed by atoms with E-state index in [-0.39, 0.29) is 23.4 Å². The van der Waals surface area contributed by atoms with E-state index in [9.17, 15) is 4.79 Å². The maximum Gasteiger partial charge on any atom is 0.310 e. The fourth-order valence-corrected chi connectivity index (χ4v) is 6.88. The van der Waals surface area contributed by atoms with Crippen LogP contribution in [0.15, 0.2) is 36.7 Å². The number of likely N-dealkylation sites (tertiary alicyclic amines) is 1. The normalized spacial score (nSPS) is 40.2. The van der Waals surface area contributed by atoms with Gasteiger partial charge in [0, 0.05) is 30.9 Å². The van der Waals surface area contributed by atoms with Crippen LogP contribution in [0.1, 0.15) is 69.9 Å². The van der Waals surface area contributed by atoms with Crippen LogP contribution >= 0.6 is 0 Å². The molecule has 0 unspecified atom stereocenters. The third-order valence-electron chi connectivity index (χ3n) is 8.43. The van der Waals surface area contributed by atoms with Gasteiger partial charge in [-0.3, -0.25) is 14.7 Å². The average Bonchev–Trinajstić information content (AvgIpc) is 3.01. The minimum Gasteiger partial charge on any atom is -0.462 e. The summed E-state index contributed by atoms with van der Waals surface area (Å²) >= 11 is 0. The summed E-state index contributed by atoms with van der Waals surface area (Å²) in [7, 11) is 0. The topological polar surface area (TPSA) is 42.4 Å². The first-order valence-corrected chi connectivity index (χ1v) is 11.6. The van der Waals surface area contributed by atoms with Crippen LogP contribution in [-0.2, 0) is 9.53 Å². The van der Waals surface area contributed by atoms with E-state index in [2.05, 4.69) is 29.5 Å². The van der Waals surface area contributed by atoms with Crippen molar-refractivity contribution >= 4 is 5.97 Å². The first-order valence-electron chi connectivity index (χ1n) is 11.6. The molecule has 2 saturated heterocycles. The summed E-state index contributed by atoms with van der Waals surface area (Å²) in [5.74, 6) is 0.969. The Morgan fingerprint density at radius 2 is 2.24 bits per heavy atom. The second kappa shape index (κ2) is 7.54. The van der Waals surface area contributed by atoms with Crippen LogP contribution in [0, 0.1) is 23.2 Å². The third kappa shape index (κ3) is 3.43. The zero-order chi connectivity index (χ0) is 20.0. The van der Waals surface area contributed by atoms with Crippen LogP contribution in [0.3, 0.4) is 0 Å². The molecule has 4 heteroatoms. The predicted molar refractivity (Wildman–Crippen MR) is 113 cm³/mol. The van der Waals surface area contributed by atoms with Crippen molar-refractivity contribution in [2.75, 3.05) is 13.1 Å². The Kier molecular flexibility index (Phi) is 5.01. The zero-order valence-corrected chi connectivity index (χ0v) is 17.7. The molecule has 0 bridgehead atoms. The van der Waals surface area contributed by atoms with E-state index in [0.717, 1.165) is 38.8 Å². The monoisotopic (exact) mass is 394 g/mol. The zero-order valence-electron chi connectivity index (χ0n) is 17.7. The van der Waals surface area contributed by atoms with Crippen molar-refractivity contribution in [1.29, 1.82) is 0 Å². The second-order valence-corrected chi connectivity index (χ2v) is 10.2. The largest absolute Gasteiger partial charge is 0.462 e. The van der Waals surface area contributed by atoms with Crippen molar-refractivity contribution in [3.8, 4) is 0 Å². The van der Waals surface area contributed by atoms with Gasteiger partial charge in [0.1, 0.15) is 6.10 Å². The van der Waals surface area contributed by atoms with E-state index < -0.39 is 0 Å². The van der Waals surface area contributed by atoms with Gasteiger partial charge in [0.2, 0.25) is 0 Å². The van der Waals surface area contributed by atoms with E-state index >= 15 is 0 Å². The van der Waals surface area contributed by atoms with E-state index in [4.69, 9.17) is 4.74 Å². The molecule has 0 aromatic carbocycles. The number of hydrogen-bond donors (Lipinski definition) is 0. The van der Waals surface area contributed by atoms with Crippen LogP contribution in [0.25, 0.3) is 0 Å². The number of piperidine rings is 1. The summed E-state index contributed by atoms with van der Waals surface area (Å²) in [4.78, 5) is 19.8. The molecule has 3 heterocycles. The van der Waals surface area contributed by atoms with Crippen LogP contribution in [0.4, 0.5) is 0 Å². The number of esters is 1. The minimum absolute atomic E-state index is 0.0107. The van der Waals surface area contributed by atoms with Gasteiger partial charge in [0.05, 0.1) is 5.92 Å². The van der Waals surface area contributed by atoms with Gasteiger partial charge in [-0.15, -0.1) is 0 Å². The fraction of sp³-hybridized carbons (Fsp3) is 0.680. The summed E-state index contributed by atoms with van der Waals surface area (Å²) < 4.78 is 6.00. The van der Waals surface area contributed by atoms with Crippen molar-refractivity contribution in [3.05, 3.63) is 42.2 Å². The lowest BCUT2D eigenvalue weighted by molar-refractivity contribution is -0.146. The number of hydrogen-bond acceptors (Lipinski definition) is 4. The Balaban J connectivity index is 1.35. The Morgan fingerprint density at radius 1 is 1.34 bits per heavy atom. The molecule has 1 aromatic heterocycles. The molecule has 4 aliphatic rings. The average molecular weight is 395 g/mol. The van der Waals surface area contributed by atoms with Gasteiger partial charge >= 0.3 is 5.97 Å². The summed E-state index contributed by atoms with van der Waals surface area (Å²) in [6.07, 6.45) is 13.3. The molecule has 0 N–H and O–H groups in total. The van der Waals surface area contributed by atoms with E-state index in [1.807, 2.05) is 18.5 Å². The molecule has 156 valence electrons. The minimum atomic E-state index is 0.0107. The molecule has 0 radical (unpaired) electrons. The van der Waals surface area contributed by atoms with E-state index in [1.54, 1.807) is 0 Å². The number of carbonyl (C=O) groups excluding carboxylic acids is 1. The van der Waals surface area contributed by atoms with Gasteiger partial charge in [-0.05, 0) is 74.5 Å². The molecule has 5 rings (SSSR count). The summed E-state index contributed by atoms with van der Waals surface area (Å²) in [5, 5.41) is 0. The molecule has 0 amide bonds. The van der Waals surface area contributed by atoms with Gasteiger partial charge in [-0.1, -0.05) is 31.6 Å². The lowest BCUT2D eigenvalue weighted by Gasteiger charge is -2.50. The highest BCUT2D eigenvalue weighted by Gasteiger charge is 2.55. The molecular formula is C25H34N2O2. The summed E-state index contributed by atoms with van der Waals surface area (Å²) in [5.41, 5.74) is 2.98. The van der Waals surface area contributed by atoms with Crippen molar-refractivity contribution < 1.29 is 9.53 Å². The quantitative estimate of drug-likeness (QED) is 0.539. The van der Waals surface area contributed by atoms with Crippen molar-refractivity contribution in [1.82, 2.24) is 9.88 Å². The number of nitrogens with zero attached hydrogens (tertiary/aromatic N) is 2. The molecule has 0 spiro atoms. The highest BCUT2D eigenvalue weighted by atomic mass is 16.6. The van der Waals surface area contributed by atoms with Crippen molar-refractivity contribution in [2.45, 2.75) is 70.4 Å². The smallest absolute Gasteiger partial charge is 0.310 e. The Labute approximate surface area is 174 Å².